The number of nitrogens with one attached hydrogen (secondary N) is 2. The van der Waals surface area contributed by atoms with Crippen molar-refractivity contribution in [3.05, 3.63) is 6.20 Å². The number of carbonyl (C=O) groups is 1. The van der Waals surface area contributed by atoms with Gasteiger partial charge in [-0.15, -0.1) is 0 Å². The van der Waals surface area contributed by atoms with Gasteiger partial charge in [0.05, 0.1) is 6.54 Å². The molecule has 1 aromatic rings. The number of aromatic nitrogens is 2. The van der Waals surface area contributed by atoms with Crippen molar-refractivity contribution in [2.24, 2.45) is 7.05 Å². The normalized spacial score (nSPS) is 12.4. The Hall–Kier alpha value is -1.61. The van der Waals surface area contributed by atoms with Gasteiger partial charge in [0.15, 0.2) is 5.82 Å². The molecule has 0 spiro atoms. The number of anilines is 1. The molecule has 0 saturated heterocycles. The maximum Gasteiger partial charge on any atom is 0.246 e. The summed E-state index contributed by atoms with van der Waals surface area (Å²) in [6, 6.07) is 0. The Labute approximate surface area is 112 Å². The lowest BCUT2D eigenvalue weighted by Crippen LogP contribution is -2.45. The lowest BCUT2D eigenvalue weighted by Gasteiger charge is -2.20. The van der Waals surface area contributed by atoms with Crippen molar-refractivity contribution in [1.82, 2.24) is 19.8 Å². The molecule has 0 aliphatic carbocycles. The zero-order valence-corrected chi connectivity index (χ0v) is 12.2. The Morgan fingerprint density at radius 3 is 2.47 bits per heavy atom. The Morgan fingerprint density at radius 2 is 2.05 bits per heavy atom. The maximum absolute atomic E-state index is 11.9. The molecule has 0 aliphatic rings. The second-order valence-electron chi connectivity index (χ2n) is 5.17. The largest absolute Gasteiger partial charge is 0.381 e. The fourth-order valence-electron chi connectivity index (χ4n) is 1.39. The van der Waals surface area contributed by atoms with Crippen molar-refractivity contribution in [1.29, 1.82) is 0 Å². The summed E-state index contributed by atoms with van der Waals surface area (Å²) in [6.45, 7) is 5.06. The first-order valence-corrected chi connectivity index (χ1v) is 7.09. The summed E-state index contributed by atoms with van der Waals surface area (Å²) in [4.78, 5) is 11.4. The number of aryl methyl sites for hydroxylation is 1. The van der Waals surface area contributed by atoms with Crippen LogP contribution in [0.3, 0.4) is 0 Å². The summed E-state index contributed by atoms with van der Waals surface area (Å²) in [7, 11) is -2.28. The van der Waals surface area contributed by atoms with Crippen LogP contribution < -0.4 is 15.8 Å². The van der Waals surface area contributed by atoms with E-state index >= 15 is 0 Å². The van der Waals surface area contributed by atoms with Crippen LogP contribution in [0, 0.1) is 0 Å². The van der Waals surface area contributed by atoms with Crippen LogP contribution in [0.15, 0.2) is 11.1 Å². The number of carbonyl (C=O) groups excluding carboxylic acids is 1. The van der Waals surface area contributed by atoms with Gasteiger partial charge in [-0.05, 0) is 20.8 Å². The Morgan fingerprint density at radius 1 is 1.47 bits per heavy atom. The molecule has 1 heterocycles. The van der Waals surface area contributed by atoms with Crippen LogP contribution in [0.1, 0.15) is 20.8 Å². The molecule has 0 aromatic carbocycles. The molecule has 0 radical (unpaired) electrons. The van der Waals surface area contributed by atoms with Gasteiger partial charge >= 0.3 is 0 Å². The lowest BCUT2D eigenvalue weighted by molar-refractivity contribution is -0.121. The number of rotatable bonds is 4. The molecule has 1 aromatic heterocycles. The number of nitrogens with zero attached hydrogens (tertiary/aromatic N) is 2. The zero-order chi connectivity index (χ0) is 14.8. The Balaban J connectivity index is 2.72. The molecular weight excluding hydrogens is 270 g/mol. The van der Waals surface area contributed by atoms with Gasteiger partial charge in [-0.25, -0.2) is 13.1 Å². The van der Waals surface area contributed by atoms with E-state index in [2.05, 4.69) is 15.1 Å². The molecule has 0 fully saturated rings. The summed E-state index contributed by atoms with van der Waals surface area (Å²) in [5, 5.41) is 6.38. The molecule has 19 heavy (non-hydrogen) atoms. The average Bonchev–Trinajstić information content (AvgIpc) is 2.53. The summed E-state index contributed by atoms with van der Waals surface area (Å²) in [6.07, 6.45) is 1.28. The van der Waals surface area contributed by atoms with E-state index in [0.717, 1.165) is 0 Å². The number of amides is 1. The second-order valence-corrected chi connectivity index (χ2v) is 6.91. The Kier molecular flexibility index (Phi) is 4.21. The highest BCUT2D eigenvalue weighted by Crippen LogP contribution is 2.14. The second kappa shape index (κ2) is 5.17. The van der Waals surface area contributed by atoms with Crippen LogP contribution in [-0.2, 0) is 21.9 Å². The number of nitrogen functional groups attached to an aromatic ring is 1. The molecular formula is C10H19N5O3S. The summed E-state index contributed by atoms with van der Waals surface area (Å²) in [5.41, 5.74) is 5.06. The first-order chi connectivity index (χ1) is 8.51. The topological polar surface area (TPSA) is 119 Å². The average molecular weight is 289 g/mol. The number of sulfonamides is 1. The van der Waals surface area contributed by atoms with E-state index < -0.39 is 21.5 Å². The van der Waals surface area contributed by atoms with Gasteiger partial charge in [0, 0.05) is 18.8 Å². The minimum Gasteiger partial charge on any atom is -0.381 e. The van der Waals surface area contributed by atoms with Gasteiger partial charge in [0.2, 0.25) is 15.9 Å². The summed E-state index contributed by atoms with van der Waals surface area (Å²) < 4.78 is 27.3. The van der Waals surface area contributed by atoms with Crippen LogP contribution in [-0.4, -0.2) is 36.2 Å². The van der Waals surface area contributed by atoms with Crippen molar-refractivity contribution in [2.75, 3.05) is 12.3 Å². The molecule has 0 saturated carbocycles. The van der Waals surface area contributed by atoms with Gasteiger partial charge in [-0.3, -0.25) is 9.48 Å². The minimum atomic E-state index is -3.84. The first-order valence-electron chi connectivity index (χ1n) is 5.61. The molecule has 0 aliphatic heterocycles. The van der Waals surface area contributed by atoms with Gasteiger partial charge in [0.25, 0.3) is 0 Å². The van der Waals surface area contributed by atoms with Crippen molar-refractivity contribution >= 4 is 21.7 Å². The van der Waals surface area contributed by atoms with E-state index in [1.165, 1.54) is 10.9 Å². The highest BCUT2D eigenvalue weighted by atomic mass is 32.2. The van der Waals surface area contributed by atoms with Gasteiger partial charge < -0.3 is 11.1 Å². The molecule has 1 rings (SSSR count). The predicted octanol–water partition coefficient (Wildman–Crippen LogP) is -0.805. The molecule has 8 nitrogen and oxygen atoms in total. The van der Waals surface area contributed by atoms with Crippen molar-refractivity contribution < 1.29 is 13.2 Å². The fourth-order valence-corrected chi connectivity index (χ4v) is 2.48. The third-order valence-electron chi connectivity index (χ3n) is 2.05. The third kappa shape index (κ3) is 4.52. The molecule has 0 bridgehead atoms. The molecule has 0 unspecified atom stereocenters. The van der Waals surface area contributed by atoms with Crippen molar-refractivity contribution in [3.63, 3.8) is 0 Å². The van der Waals surface area contributed by atoms with Crippen LogP contribution >= 0.6 is 0 Å². The monoisotopic (exact) mass is 289 g/mol. The van der Waals surface area contributed by atoms with E-state index in [4.69, 9.17) is 5.73 Å². The minimum absolute atomic E-state index is 0.105. The highest BCUT2D eigenvalue weighted by Gasteiger charge is 2.22. The third-order valence-corrected chi connectivity index (χ3v) is 3.47. The van der Waals surface area contributed by atoms with E-state index in [9.17, 15) is 13.2 Å². The Bertz CT molecular complexity index is 570. The smallest absolute Gasteiger partial charge is 0.246 e. The van der Waals surface area contributed by atoms with Crippen LogP contribution in [0.5, 0.6) is 0 Å². The van der Waals surface area contributed by atoms with Crippen molar-refractivity contribution in [3.8, 4) is 0 Å². The van der Waals surface area contributed by atoms with Crippen molar-refractivity contribution in [2.45, 2.75) is 31.2 Å². The first kappa shape index (κ1) is 15.4. The maximum atomic E-state index is 11.9. The molecule has 0 atom stereocenters. The van der Waals surface area contributed by atoms with Crippen LogP contribution in [0.4, 0.5) is 5.82 Å². The lowest BCUT2D eigenvalue weighted by atomic mass is 10.1. The summed E-state index contributed by atoms with van der Waals surface area (Å²) in [5.74, 6) is -0.523. The van der Waals surface area contributed by atoms with E-state index in [1.807, 2.05) is 0 Å². The standard InChI is InChI=1S/C10H19N5O3S/c1-10(2,3)13-8(16)5-12-19(17,18)7-6-15(4)14-9(7)11/h6,12H,5H2,1-4H3,(H2,11,14)(H,13,16). The predicted molar refractivity (Wildman–Crippen MR) is 70.7 cm³/mol. The zero-order valence-electron chi connectivity index (χ0n) is 11.4. The molecule has 1 amide bonds. The van der Waals surface area contributed by atoms with Gasteiger partial charge in [-0.2, -0.15) is 5.10 Å². The SMILES string of the molecule is Cn1cc(S(=O)(=O)NCC(=O)NC(C)(C)C)c(N)n1. The van der Waals surface area contributed by atoms with E-state index in [1.54, 1.807) is 27.8 Å². The quantitative estimate of drug-likeness (QED) is 0.670. The van der Waals surface area contributed by atoms with Gasteiger partial charge in [-0.1, -0.05) is 0 Å². The van der Waals surface area contributed by atoms with Crippen LogP contribution in [0.2, 0.25) is 0 Å². The van der Waals surface area contributed by atoms with Crippen LogP contribution in [0.25, 0.3) is 0 Å². The number of hydrogen-bond acceptors (Lipinski definition) is 5. The molecule has 108 valence electrons. The van der Waals surface area contributed by atoms with Gasteiger partial charge in [0.1, 0.15) is 4.90 Å². The highest BCUT2D eigenvalue weighted by molar-refractivity contribution is 7.89. The molecule has 4 N–H and O–H groups in total. The number of nitrogens with two attached hydrogens (primary N) is 1. The fraction of sp³-hybridized carbons (Fsp3) is 0.600. The van der Waals surface area contributed by atoms with E-state index in [0.29, 0.717) is 0 Å². The van der Waals surface area contributed by atoms with E-state index in [-0.39, 0.29) is 17.3 Å². The molecule has 9 heteroatoms. The summed E-state index contributed by atoms with van der Waals surface area (Å²) >= 11 is 0. The number of hydrogen-bond donors (Lipinski definition) is 3.